The number of allylic oxidation sites excluding steroid dienone is 6. The second-order valence-electron chi connectivity index (χ2n) is 3.58. The van der Waals surface area contributed by atoms with E-state index in [1.54, 1.807) is 0 Å². The third-order valence-electron chi connectivity index (χ3n) is 2.41. The van der Waals surface area contributed by atoms with Gasteiger partial charge in [0.25, 0.3) is 0 Å². The first-order valence-corrected chi connectivity index (χ1v) is 5.04. The summed E-state index contributed by atoms with van der Waals surface area (Å²) in [5.74, 6) is 0. The molecule has 0 fully saturated rings. The molecule has 0 aromatic carbocycles. The number of aromatic nitrogens is 1. The van der Waals surface area contributed by atoms with Crippen LogP contribution < -0.4 is 0 Å². The summed E-state index contributed by atoms with van der Waals surface area (Å²) in [5, 5.41) is 0. The number of nitrogens with zero attached hydrogens (tertiary/aromatic N) is 1. The summed E-state index contributed by atoms with van der Waals surface area (Å²) in [6, 6.07) is 4.10. The molecule has 0 atom stereocenters. The van der Waals surface area contributed by atoms with Crippen LogP contribution >= 0.6 is 0 Å². The molecule has 2 rings (SSSR count). The number of rotatable bonds is 1. The standard InChI is InChI=1S/C13H15N/c1-12-6-2-3-7-13(9-8-12)14-10-4-5-11-14/h4-11H,2-3H2,1H3/b9-8?,12-6?,13-7-. The molecule has 1 aromatic heterocycles. The van der Waals surface area contributed by atoms with Crippen molar-refractivity contribution in [2.45, 2.75) is 19.8 Å². The Hall–Kier alpha value is -1.50. The molecule has 1 nitrogen and oxygen atoms in total. The van der Waals surface area contributed by atoms with Gasteiger partial charge >= 0.3 is 0 Å². The van der Waals surface area contributed by atoms with Crippen LogP contribution in [0, 0.1) is 0 Å². The van der Waals surface area contributed by atoms with Crippen molar-refractivity contribution in [1.29, 1.82) is 0 Å². The highest BCUT2D eigenvalue weighted by molar-refractivity contribution is 5.58. The predicted octanol–water partition coefficient (Wildman–Crippen LogP) is 3.63. The summed E-state index contributed by atoms with van der Waals surface area (Å²) in [6.45, 7) is 2.15. The van der Waals surface area contributed by atoms with Crippen LogP contribution in [0.1, 0.15) is 19.8 Å². The first-order valence-electron chi connectivity index (χ1n) is 5.04. The zero-order chi connectivity index (χ0) is 9.80. The van der Waals surface area contributed by atoms with Crippen molar-refractivity contribution in [1.82, 2.24) is 4.57 Å². The van der Waals surface area contributed by atoms with Gasteiger partial charge in [-0.15, -0.1) is 0 Å². The molecule has 0 bridgehead atoms. The minimum Gasteiger partial charge on any atom is -0.324 e. The van der Waals surface area contributed by atoms with Gasteiger partial charge in [-0.1, -0.05) is 23.8 Å². The van der Waals surface area contributed by atoms with E-state index in [1.165, 1.54) is 11.3 Å². The Morgan fingerprint density at radius 2 is 1.71 bits per heavy atom. The van der Waals surface area contributed by atoms with Crippen molar-refractivity contribution in [3.8, 4) is 0 Å². The Balaban J connectivity index is 2.28. The van der Waals surface area contributed by atoms with Gasteiger partial charge in [0.1, 0.15) is 0 Å². The minimum absolute atomic E-state index is 1.12. The van der Waals surface area contributed by atoms with Gasteiger partial charge in [-0.05, 0) is 38.0 Å². The average Bonchev–Trinajstić information content (AvgIpc) is 2.65. The van der Waals surface area contributed by atoms with E-state index in [-0.39, 0.29) is 0 Å². The van der Waals surface area contributed by atoms with Gasteiger partial charge < -0.3 is 4.57 Å². The molecule has 0 saturated heterocycles. The van der Waals surface area contributed by atoms with Crippen LogP contribution in [0.2, 0.25) is 0 Å². The molecule has 0 aliphatic heterocycles. The van der Waals surface area contributed by atoms with Crippen LogP contribution in [0.15, 0.2) is 54.4 Å². The molecule has 0 saturated carbocycles. The third kappa shape index (κ3) is 2.05. The lowest BCUT2D eigenvalue weighted by Crippen LogP contribution is -1.91. The lowest BCUT2D eigenvalue weighted by Gasteiger charge is -2.06. The van der Waals surface area contributed by atoms with E-state index in [0.717, 1.165) is 12.8 Å². The van der Waals surface area contributed by atoms with Gasteiger partial charge in [0.2, 0.25) is 0 Å². The SMILES string of the molecule is CC1=CCC/C=C(\n2cccc2)C=C1. The molecular weight excluding hydrogens is 170 g/mol. The fraction of sp³-hybridized carbons (Fsp3) is 0.231. The van der Waals surface area contributed by atoms with Crippen LogP contribution in [0.3, 0.4) is 0 Å². The summed E-state index contributed by atoms with van der Waals surface area (Å²) < 4.78 is 2.15. The Morgan fingerprint density at radius 3 is 2.50 bits per heavy atom. The highest BCUT2D eigenvalue weighted by Gasteiger charge is 1.96. The Kier molecular flexibility index (Phi) is 2.68. The molecule has 0 N–H and O–H groups in total. The van der Waals surface area contributed by atoms with E-state index >= 15 is 0 Å². The number of hydrogen-bond acceptors (Lipinski definition) is 0. The van der Waals surface area contributed by atoms with Gasteiger partial charge in [-0.25, -0.2) is 0 Å². The zero-order valence-corrected chi connectivity index (χ0v) is 8.48. The summed E-state index contributed by atoms with van der Waals surface area (Å²) >= 11 is 0. The maximum atomic E-state index is 2.28. The fourth-order valence-electron chi connectivity index (χ4n) is 1.59. The van der Waals surface area contributed by atoms with Crippen molar-refractivity contribution < 1.29 is 0 Å². The molecule has 1 heteroatoms. The average molecular weight is 185 g/mol. The van der Waals surface area contributed by atoms with E-state index in [2.05, 4.69) is 60.3 Å². The van der Waals surface area contributed by atoms with Gasteiger partial charge in [0.05, 0.1) is 0 Å². The minimum atomic E-state index is 1.12. The van der Waals surface area contributed by atoms with Crippen molar-refractivity contribution in [2.75, 3.05) is 0 Å². The molecular formula is C13H15N. The molecule has 0 spiro atoms. The van der Waals surface area contributed by atoms with Gasteiger partial charge in [-0.2, -0.15) is 0 Å². The second-order valence-corrected chi connectivity index (χ2v) is 3.58. The Bertz CT molecular complexity index is 377. The first kappa shape index (κ1) is 9.07. The summed E-state index contributed by atoms with van der Waals surface area (Å²) in [4.78, 5) is 0. The predicted molar refractivity (Wildman–Crippen MR) is 60.8 cm³/mol. The fourth-order valence-corrected chi connectivity index (χ4v) is 1.59. The van der Waals surface area contributed by atoms with Crippen LogP contribution in [0.4, 0.5) is 0 Å². The van der Waals surface area contributed by atoms with Gasteiger partial charge in [0.15, 0.2) is 0 Å². The van der Waals surface area contributed by atoms with E-state index in [4.69, 9.17) is 0 Å². The lowest BCUT2D eigenvalue weighted by atomic mass is 10.1. The molecule has 1 aromatic rings. The topological polar surface area (TPSA) is 4.93 Å². The lowest BCUT2D eigenvalue weighted by molar-refractivity contribution is 1.01. The molecule has 0 radical (unpaired) electrons. The zero-order valence-electron chi connectivity index (χ0n) is 8.48. The van der Waals surface area contributed by atoms with Gasteiger partial charge in [0, 0.05) is 18.1 Å². The molecule has 0 amide bonds. The van der Waals surface area contributed by atoms with Crippen molar-refractivity contribution in [3.63, 3.8) is 0 Å². The van der Waals surface area contributed by atoms with E-state index < -0.39 is 0 Å². The third-order valence-corrected chi connectivity index (χ3v) is 2.41. The monoisotopic (exact) mass is 185 g/mol. The maximum absolute atomic E-state index is 2.28. The smallest absolute Gasteiger partial charge is 0.0409 e. The van der Waals surface area contributed by atoms with Crippen molar-refractivity contribution in [2.24, 2.45) is 0 Å². The second kappa shape index (κ2) is 4.14. The highest BCUT2D eigenvalue weighted by Crippen LogP contribution is 2.14. The molecule has 1 aliphatic carbocycles. The Labute approximate surface area is 85.1 Å². The van der Waals surface area contributed by atoms with E-state index in [0.29, 0.717) is 0 Å². The van der Waals surface area contributed by atoms with Crippen LogP contribution in [0.25, 0.3) is 5.70 Å². The van der Waals surface area contributed by atoms with Crippen LogP contribution in [0.5, 0.6) is 0 Å². The maximum Gasteiger partial charge on any atom is 0.0409 e. The van der Waals surface area contributed by atoms with Crippen LogP contribution in [-0.2, 0) is 0 Å². The molecule has 0 unspecified atom stereocenters. The quantitative estimate of drug-likeness (QED) is 0.629. The Morgan fingerprint density at radius 1 is 1.00 bits per heavy atom. The van der Waals surface area contributed by atoms with E-state index in [9.17, 15) is 0 Å². The summed E-state index contributed by atoms with van der Waals surface area (Å²) in [6.07, 6.45) is 15.3. The first-order chi connectivity index (χ1) is 6.86. The molecule has 14 heavy (non-hydrogen) atoms. The molecule has 1 heterocycles. The van der Waals surface area contributed by atoms with E-state index in [1.807, 2.05) is 0 Å². The van der Waals surface area contributed by atoms with Crippen LogP contribution in [-0.4, -0.2) is 4.57 Å². The summed E-state index contributed by atoms with van der Waals surface area (Å²) in [5.41, 5.74) is 2.62. The van der Waals surface area contributed by atoms with Crippen molar-refractivity contribution >= 4 is 5.70 Å². The number of hydrogen-bond donors (Lipinski definition) is 0. The molecule has 72 valence electrons. The highest BCUT2D eigenvalue weighted by atomic mass is 14.9. The normalized spacial score (nSPS) is 20.6. The largest absolute Gasteiger partial charge is 0.324 e. The van der Waals surface area contributed by atoms with Gasteiger partial charge in [-0.3, -0.25) is 0 Å². The van der Waals surface area contributed by atoms with Crippen molar-refractivity contribution in [3.05, 3.63) is 54.4 Å². The molecule has 1 aliphatic rings. The summed E-state index contributed by atoms with van der Waals surface area (Å²) in [7, 11) is 0.